The van der Waals surface area contributed by atoms with Crippen LogP contribution in [0.3, 0.4) is 0 Å². The van der Waals surface area contributed by atoms with Crippen molar-refractivity contribution in [1.29, 1.82) is 0 Å². The van der Waals surface area contributed by atoms with Crippen LogP contribution in [-0.2, 0) is 16.1 Å². The summed E-state index contributed by atoms with van der Waals surface area (Å²) in [6.45, 7) is 3.73. The van der Waals surface area contributed by atoms with Gasteiger partial charge in [0.25, 0.3) is 0 Å². The molecule has 2 aromatic rings. The molecule has 0 saturated carbocycles. The lowest BCUT2D eigenvalue weighted by Gasteiger charge is -2.21. The fraction of sp³-hybridized carbons (Fsp3) is 0.333. The van der Waals surface area contributed by atoms with Crippen LogP contribution >= 0.6 is 0 Å². The molecular weight excluding hydrogens is 312 g/mol. The Kier molecular flexibility index (Phi) is 5.17. The van der Waals surface area contributed by atoms with Crippen LogP contribution in [0.2, 0.25) is 0 Å². The van der Waals surface area contributed by atoms with Gasteiger partial charge in [0.2, 0.25) is 11.8 Å². The van der Waals surface area contributed by atoms with Gasteiger partial charge in [0.05, 0.1) is 5.92 Å². The van der Waals surface area contributed by atoms with Gasteiger partial charge in [-0.05, 0) is 23.6 Å². The van der Waals surface area contributed by atoms with Gasteiger partial charge in [-0.1, -0.05) is 54.6 Å². The normalized spacial score (nSPS) is 17.0. The monoisotopic (exact) mass is 336 g/mol. The van der Waals surface area contributed by atoms with E-state index in [0.717, 1.165) is 5.56 Å². The Balaban J connectivity index is 1.62. The van der Waals surface area contributed by atoms with Crippen molar-refractivity contribution in [2.75, 3.05) is 20.1 Å². The van der Waals surface area contributed by atoms with Crippen molar-refractivity contribution in [2.24, 2.45) is 5.92 Å². The third kappa shape index (κ3) is 3.90. The van der Waals surface area contributed by atoms with Crippen molar-refractivity contribution in [2.45, 2.75) is 19.9 Å². The van der Waals surface area contributed by atoms with Crippen LogP contribution in [0, 0.1) is 5.92 Å². The van der Waals surface area contributed by atoms with Crippen LogP contribution in [0.4, 0.5) is 0 Å². The molecule has 0 radical (unpaired) electrons. The number of hydrogen-bond donors (Lipinski definition) is 0. The van der Waals surface area contributed by atoms with Crippen molar-refractivity contribution >= 4 is 11.8 Å². The van der Waals surface area contributed by atoms with Gasteiger partial charge in [0.1, 0.15) is 0 Å². The molecule has 1 saturated heterocycles. The molecule has 1 heterocycles. The van der Waals surface area contributed by atoms with Crippen molar-refractivity contribution in [1.82, 2.24) is 9.80 Å². The summed E-state index contributed by atoms with van der Waals surface area (Å²) in [6, 6.07) is 18.5. The van der Waals surface area contributed by atoms with Crippen LogP contribution in [0.15, 0.2) is 54.6 Å². The molecule has 130 valence electrons. The number of benzene rings is 2. The van der Waals surface area contributed by atoms with E-state index in [1.807, 2.05) is 32.2 Å². The molecule has 3 rings (SSSR count). The summed E-state index contributed by atoms with van der Waals surface area (Å²) in [5.41, 5.74) is 3.44. The van der Waals surface area contributed by atoms with Gasteiger partial charge >= 0.3 is 0 Å². The number of hydrogen-bond acceptors (Lipinski definition) is 2. The molecule has 25 heavy (non-hydrogen) atoms. The molecule has 2 amide bonds. The van der Waals surface area contributed by atoms with E-state index < -0.39 is 0 Å². The average Bonchev–Trinajstić information content (AvgIpc) is 3.03. The summed E-state index contributed by atoms with van der Waals surface area (Å²) >= 11 is 0. The number of amides is 2. The maximum Gasteiger partial charge on any atom is 0.228 e. The molecule has 1 aliphatic heterocycles. The Hall–Kier alpha value is -2.62. The Bertz CT molecular complexity index is 740. The number of carbonyl (C=O) groups excluding carboxylic acids is 2. The van der Waals surface area contributed by atoms with E-state index in [0.29, 0.717) is 26.1 Å². The molecule has 1 unspecified atom stereocenters. The molecule has 4 nitrogen and oxygen atoms in total. The fourth-order valence-corrected chi connectivity index (χ4v) is 3.34. The summed E-state index contributed by atoms with van der Waals surface area (Å²) in [4.78, 5) is 27.9. The van der Waals surface area contributed by atoms with Crippen LogP contribution in [0.1, 0.15) is 18.9 Å². The van der Waals surface area contributed by atoms with E-state index in [4.69, 9.17) is 0 Å². The lowest BCUT2D eigenvalue weighted by Crippen LogP contribution is -2.34. The molecular formula is C21H24N2O2. The molecule has 2 aromatic carbocycles. The summed E-state index contributed by atoms with van der Waals surface area (Å²) in [6.07, 6.45) is 0.337. The quantitative estimate of drug-likeness (QED) is 0.841. The second-order valence-electron chi connectivity index (χ2n) is 6.59. The molecule has 0 aromatic heterocycles. The minimum Gasteiger partial charge on any atom is -0.342 e. The first kappa shape index (κ1) is 17.2. The second-order valence-corrected chi connectivity index (χ2v) is 6.59. The first-order chi connectivity index (χ1) is 12.1. The molecule has 0 spiro atoms. The average molecular weight is 336 g/mol. The molecule has 1 atom stereocenters. The lowest BCUT2D eigenvalue weighted by atomic mass is 10.0. The van der Waals surface area contributed by atoms with E-state index in [2.05, 4.69) is 36.4 Å². The van der Waals surface area contributed by atoms with Gasteiger partial charge in [-0.15, -0.1) is 0 Å². The highest BCUT2D eigenvalue weighted by atomic mass is 16.2. The third-order valence-electron chi connectivity index (χ3n) is 4.80. The van der Waals surface area contributed by atoms with Gasteiger partial charge in [0.15, 0.2) is 0 Å². The minimum absolute atomic E-state index is 0.0523. The van der Waals surface area contributed by atoms with Crippen LogP contribution in [-0.4, -0.2) is 41.8 Å². The molecule has 0 N–H and O–H groups in total. The van der Waals surface area contributed by atoms with E-state index in [-0.39, 0.29) is 17.7 Å². The molecule has 4 heteroatoms. The Morgan fingerprint density at radius 1 is 1.08 bits per heavy atom. The Labute approximate surface area is 149 Å². The Morgan fingerprint density at radius 2 is 1.72 bits per heavy atom. The molecule has 0 bridgehead atoms. The SMILES string of the molecule is CCN1CC(C(=O)N(C)Cc2ccc(-c3ccccc3)cc2)CC1=O. The maximum absolute atomic E-state index is 12.6. The zero-order valence-corrected chi connectivity index (χ0v) is 14.8. The summed E-state index contributed by atoms with van der Waals surface area (Å²) in [7, 11) is 1.81. The van der Waals surface area contributed by atoms with Gasteiger partial charge in [-0.25, -0.2) is 0 Å². The van der Waals surface area contributed by atoms with Crippen molar-refractivity contribution in [3.8, 4) is 11.1 Å². The van der Waals surface area contributed by atoms with Gasteiger partial charge < -0.3 is 9.80 Å². The largest absolute Gasteiger partial charge is 0.342 e. The predicted octanol–water partition coefficient (Wildman–Crippen LogP) is 3.18. The lowest BCUT2D eigenvalue weighted by molar-refractivity contribution is -0.135. The summed E-state index contributed by atoms with van der Waals surface area (Å²) < 4.78 is 0. The number of nitrogens with zero attached hydrogens (tertiary/aromatic N) is 2. The first-order valence-corrected chi connectivity index (χ1v) is 8.75. The number of carbonyl (C=O) groups is 2. The molecule has 1 fully saturated rings. The topological polar surface area (TPSA) is 40.6 Å². The molecule has 1 aliphatic rings. The highest BCUT2D eigenvalue weighted by Crippen LogP contribution is 2.22. The number of rotatable bonds is 5. The standard InChI is InChI=1S/C21H24N2O2/c1-3-23-15-19(13-20(23)24)21(25)22(2)14-16-9-11-18(12-10-16)17-7-5-4-6-8-17/h4-12,19H,3,13-15H2,1-2H3. The Morgan fingerprint density at radius 3 is 2.32 bits per heavy atom. The van der Waals surface area contributed by atoms with E-state index in [9.17, 15) is 9.59 Å². The van der Waals surface area contributed by atoms with E-state index >= 15 is 0 Å². The highest BCUT2D eigenvalue weighted by Gasteiger charge is 2.34. The second kappa shape index (κ2) is 7.51. The summed E-state index contributed by atoms with van der Waals surface area (Å²) in [5, 5.41) is 0. The van der Waals surface area contributed by atoms with Gasteiger partial charge in [-0.2, -0.15) is 0 Å². The highest BCUT2D eigenvalue weighted by molar-refractivity contribution is 5.89. The zero-order valence-electron chi connectivity index (χ0n) is 14.8. The van der Waals surface area contributed by atoms with Crippen LogP contribution < -0.4 is 0 Å². The van der Waals surface area contributed by atoms with E-state index in [1.165, 1.54) is 11.1 Å². The van der Waals surface area contributed by atoms with Crippen molar-refractivity contribution < 1.29 is 9.59 Å². The number of likely N-dealkylation sites (tertiary alicyclic amines) is 1. The van der Waals surface area contributed by atoms with Crippen LogP contribution in [0.5, 0.6) is 0 Å². The predicted molar refractivity (Wildman–Crippen MR) is 98.7 cm³/mol. The van der Waals surface area contributed by atoms with Gasteiger partial charge in [-0.3, -0.25) is 9.59 Å². The van der Waals surface area contributed by atoms with Gasteiger partial charge in [0, 0.05) is 33.1 Å². The van der Waals surface area contributed by atoms with E-state index in [1.54, 1.807) is 9.80 Å². The zero-order chi connectivity index (χ0) is 17.8. The summed E-state index contributed by atoms with van der Waals surface area (Å²) in [5.74, 6) is -0.0704. The first-order valence-electron chi connectivity index (χ1n) is 8.75. The maximum atomic E-state index is 12.6. The van der Waals surface area contributed by atoms with Crippen molar-refractivity contribution in [3.05, 3.63) is 60.2 Å². The molecule has 0 aliphatic carbocycles. The smallest absolute Gasteiger partial charge is 0.228 e. The van der Waals surface area contributed by atoms with Crippen molar-refractivity contribution in [3.63, 3.8) is 0 Å². The third-order valence-corrected chi connectivity index (χ3v) is 4.80. The fourth-order valence-electron chi connectivity index (χ4n) is 3.34. The van der Waals surface area contributed by atoms with Crippen LogP contribution in [0.25, 0.3) is 11.1 Å². The minimum atomic E-state index is -0.207.